The topological polar surface area (TPSA) is 0 Å². The average molecular weight is 368 g/mol. The van der Waals surface area contributed by atoms with Gasteiger partial charge in [-0.3, -0.25) is 0 Å². The zero-order valence-electron chi connectivity index (χ0n) is 10.1. The van der Waals surface area contributed by atoms with Gasteiger partial charge in [0.15, 0.2) is 0 Å². The maximum Gasteiger partial charge on any atom is 0.0314 e. The third-order valence-electron chi connectivity index (χ3n) is 3.32. The normalized spacial score (nSPS) is 15.0. The maximum atomic E-state index is 3.72. The molecule has 1 unspecified atom stereocenters. The Balaban J connectivity index is 2.73. The average Bonchev–Trinajstić information content (AvgIpc) is 2.70. The third-order valence-corrected chi connectivity index (χ3v) is 6.44. The van der Waals surface area contributed by atoms with Crippen molar-refractivity contribution >= 4 is 43.2 Å². The molecule has 0 aliphatic heterocycles. The molecule has 0 nitrogen and oxygen atoms in total. The van der Waals surface area contributed by atoms with Gasteiger partial charge >= 0.3 is 0 Å². The lowest BCUT2D eigenvalue weighted by Gasteiger charge is -2.30. The largest absolute Gasteiger partial charge is 0.148 e. The lowest BCUT2D eigenvalue weighted by molar-refractivity contribution is 0.285. The van der Waals surface area contributed by atoms with E-state index in [1.165, 1.54) is 41.5 Å². The van der Waals surface area contributed by atoms with Crippen molar-refractivity contribution in [3.63, 3.8) is 0 Å². The Kier molecular flexibility index (Phi) is 6.60. The SMILES string of the molecule is CCCCC(CC)(CBr)Cc1sccc1Br. The molecule has 92 valence electrons. The van der Waals surface area contributed by atoms with E-state index in [0.717, 1.165) is 5.33 Å². The van der Waals surface area contributed by atoms with Gasteiger partial charge in [-0.25, -0.2) is 0 Å². The fraction of sp³-hybridized carbons (Fsp3) is 0.692. The van der Waals surface area contributed by atoms with Crippen molar-refractivity contribution < 1.29 is 0 Å². The highest BCUT2D eigenvalue weighted by Gasteiger charge is 2.27. The Bertz CT molecular complexity index is 303. The van der Waals surface area contributed by atoms with E-state index < -0.39 is 0 Å². The summed E-state index contributed by atoms with van der Waals surface area (Å²) >= 11 is 9.24. The first-order valence-corrected chi connectivity index (χ1v) is 8.74. The van der Waals surface area contributed by atoms with Gasteiger partial charge < -0.3 is 0 Å². The van der Waals surface area contributed by atoms with Crippen LogP contribution in [0.25, 0.3) is 0 Å². The first-order valence-electron chi connectivity index (χ1n) is 5.95. The molecule has 0 N–H and O–H groups in total. The van der Waals surface area contributed by atoms with Gasteiger partial charge in [-0.1, -0.05) is 42.6 Å². The summed E-state index contributed by atoms with van der Waals surface area (Å²) in [5, 5.41) is 3.29. The summed E-state index contributed by atoms with van der Waals surface area (Å²) in [4.78, 5) is 1.50. The van der Waals surface area contributed by atoms with Crippen molar-refractivity contribution in [1.82, 2.24) is 0 Å². The second-order valence-electron chi connectivity index (χ2n) is 4.46. The van der Waals surface area contributed by atoms with Gasteiger partial charge in [-0.2, -0.15) is 0 Å². The van der Waals surface area contributed by atoms with Crippen LogP contribution >= 0.6 is 43.2 Å². The molecule has 0 bridgehead atoms. The number of thiophene rings is 1. The molecule has 1 rings (SSSR count). The van der Waals surface area contributed by atoms with Crippen LogP contribution in [0.3, 0.4) is 0 Å². The molecule has 0 spiro atoms. The number of rotatable bonds is 7. The van der Waals surface area contributed by atoms with E-state index in [0.29, 0.717) is 5.41 Å². The molecule has 0 amide bonds. The molecule has 0 fully saturated rings. The van der Waals surface area contributed by atoms with Gasteiger partial charge in [0.05, 0.1) is 0 Å². The molecular formula is C13H20Br2S. The number of hydrogen-bond acceptors (Lipinski definition) is 1. The first-order chi connectivity index (χ1) is 7.67. The number of halogens is 2. The van der Waals surface area contributed by atoms with Crippen molar-refractivity contribution in [2.45, 2.75) is 46.0 Å². The van der Waals surface area contributed by atoms with Crippen LogP contribution in [0.2, 0.25) is 0 Å². The molecule has 1 aromatic heterocycles. The van der Waals surface area contributed by atoms with Gasteiger partial charge in [0.25, 0.3) is 0 Å². The summed E-state index contributed by atoms with van der Waals surface area (Å²) in [7, 11) is 0. The van der Waals surface area contributed by atoms with Gasteiger partial charge in [-0.05, 0) is 52.1 Å². The standard InChI is InChI=1S/C13H20Br2S/c1-3-5-7-13(4-2,10-14)9-12-11(15)6-8-16-12/h6,8H,3-5,7,9-10H2,1-2H3. The molecule has 0 aliphatic carbocycles. The minimum atomic E-state index is 0.448. The lowest BCUT2D eigenvalue weighted by atomic mass is 9.79. The first kappa shape index (κ1) is 14.7. The molecule has 0 radical (unpaired) electrons. The molecule has 0 saturated carbocycles. The highest BCUT2D eigenvalue weighted by atomic mass is 79.9. The van der Waals surface area contributed by atoms with E-state index in [-0.39, 0.29) is 0 Å². The Morgan fingerprint density at radius 2 is 2.12 bits per heavy atom. The third kappa shape index (κ3) is 3.85. The molecule has 1 aromatic rings. The summed E-state index contributed by atoms with van der Waals surface area (Å²) < 4.78 is 1.28. The molecular weight excluding hydrogens is 348 g/mol. The minimum Gasteiger partial charge on any atom is -0.148 e. The van der Waals surface area contributed by atoms with E-state index in [1.807, 2.05) is 11.3 Å². The lowest BCUT2D eigenvalue weighted by Crippen LogP contribution is -2.24. The van der Waals surface area contributed by atoms with Gasteiger partial charge in [0.1, 0.15) is 0 Å². The second kappa shape index (κ2) is 7.17. The van der Waals surface area contributed by atoms with Crippen LogP contribution in [-0.4, -0.2) is 5.33 Å². The monoisotopic (exact) mass is 366 g/mol. The molecule has 0 saturated heterocycles. The highest BCUT2D eigenvalue weighted by molar-refractivity contribution is 9.10. The summed E-state index contributed by atoms with van der Waals surface area (Å²) in [5.41, 5.74) is 0.448. The van der Waals surface area contributed by atoms with Gasteiger partial charge in [0, 0.05) is 14.7 Å². The zero-order chi connectivity index (χ0) is 12.0. The predicted molar refractivity (Wildman–Crippen MR) is 81.8 cm³/mol. The van der Waals surface area contributed by atoms with Crippen LogP contribution in [-0.2, 0) is 6.42 Å². The highest BCUT2D eigenvalue weighted by Crippen LogP contribution is 2.38. The van der Waals surface area contributed by atoms with Crippen LogP contribution in [0.15, 0.2) is 15.9 Å². The Morgan fingerprint density at radius 1 is 1.38 bits per heavy atom. The summed E-state index contributed by atoms with van der Waals surface area (Å²) in [5.74, 6) is 0. The van der Waals surface area contributed by atoms with Crippen molar-refractivity contribution in [3.8, 4) is 0 Å². The minimum absolute atomic E-state index is 0.448. The van der Waals surface area contributed by atoms with Crippen LogP contribution in [0.5, 0.6) is 0 Å². The van der Waals surface area contributed by atoms with Crippen LogP contribution < -0.4 is 0 Å². The predicted octanol–water partition coefficient (Wildman–Crippen LogP) is 6.03. The fourth-order valence-electron chi connectivity index (χ4n) is 1.94. The van der Waals surface area contributed by atoms with Crippen LogP contribution in [0.4, 0.5) is 0 Å². The van der Waals surface area contributed by atoms with Crippen molar-refractivity contribution in [2.75, 3.05) is 5.33 Å². The molecule has 16 heavy (non-hydrogen) atoms. The Labute approximate surface area is 120 Å². The van der Waals surface area contributed by atoms with Crippen molar-refractivity contribution in [3.05, 3.63) is 20.8 Å². The van der Waals surface area contributed by atoms with Gasteiger partial charge in [-0.15, -0.1) is 11.3 Å². The maximum absolute atomic E-state index is 3.72. The molecule has 0 aliphatic rings. The number of alkyl halides is 1. The second-order valence-corrected chi connectivity index (χ2v) is 6.87. The summed E-state index contributed by atoms with van der Waals surface area (Å²) in [6.45, 7) is 4.59. The fourth-order valence-corrected chi connectivity index (χ4v) is 4.48. The number of unbranched alkanes of at least 4 members (excludes halogenated alkanes) is 1. The van der Waals surface area contributed by atoms with Crippen LogP contribution in [0, 0.1) is 5.41 Å². The zero-order valence-corrected chi connectivity index (χ0v) is 14.1. The summed E-state index contributed by atoms with van der Waals surface area (Å²) in [6, 6.07) is 2.16. The van der Waals surface area contributed by atoms with Crippen LogP contribution in [0.1, 0.15) is 44.4 Å². The molecule has 1 heterocycles. The Hall–Kier alpha value is 0.660. The van der Waals surface area contributed by atoms with E-state index >= 15 is 0 Å². The molecule has 0 aromatic carbocycles. The quantitative estimate of drug-likeness (QED) is 0.515. The van der Waals surface area contributed by atoms with Crippen molar-refractivity contribution in [2.24, 2.45) is 5.41 Å². The molecule has 1 atom stereocenters. The smallest absolute Gasteiger partial charge is 0.0314 e. The van der Waals surface area contributed by atoms with E-state index in [2.05, 4.69) is 57.2 Å². The van der Waals surface area contributed by atoms with E-state index in [4.69, 9.17) is 0 Å². The molecule has 3 heteroatoms. The summed E-state index contributed by atoms with van der Waals surface area (Å²) in [6.07, 6.45) is 6.41. The number of hydrogen-bond donors (Lipinski definition) is 0. The van der Waals surface area contributed by atoms with E-state index in [1.54, 1.807) is 0 Å². The van der Waals surface area contributed by atoms with E-state index in [9.17, 15) is 0 Å². The van der Waals surface area contributed by atoms with Gasteiger partial charge in [0.2, 0.25) is 0 Å². The van der Waals surface area contributed by atoms with Crippen molar-refractivity contribution in [1.29, 1.82) is 0 Å². The Morgan fingerprint density at radius 3 is 2.56 bits per heavy atom.